The van der Waals surface area contributed by atoms with E-state index in [9.17, 15) is 22.0 Å². The van der Waals surface area contributed by atoms with Gasteiger partial charge in [-0.1, -0.05) is 11.6 Å². The molecule has 1 heterocycles. The monoisotopic (exact) mass is 471 g/mol. The molecule has 0 saturated carbocycles. The summed E-state index contributed by atoms with van der Waals surface area (Å²) in [4.78, 5) is 14.0. The molecule has 0 aliphatic heterocycles. The van der Waals surface area contributed by atoms with Crippen molar-refractivity contribution in [1.82, 2.24) is 4.98 Å². The van der Waals surface area contributed by atoms with Crippen LogP contribution in [0.25, 0.3) is 10.9 Å². The maximum Gasteiger partial charge on any atom is 0.359 e. The summed E-state index contributed by atoms with van der Waals surface area (Å²) in [5, 5.41) is -2.09. The van der Waals surface area contributed by atoms with Crippen LogP contribution in [0, 0.1) is 17.6 Å². The Bertz CT molecular complexity index is 1310. The maximum atomic E-state index is 16.2. The van der Waals surface area contributed by atoms with E-state index < -0.39 is 43.4 Å². The van der Waals surface area contributed by atoms with Crippen molar-refractivity contribution >= 4 is 38.3 Å². The first-order valence-corrected chi connectivity index (χ1v) is 11.3. The summed E-state index contributed by atoms with van der Waals surface area (Å²) in [6, 6.07) is 6.91. The number of carbonyl (C=O) groups is 1. The summed E-state index contributed by atoms with van der Waals surface area (Å²) in [6.07, 6.45) is 0.272. The summed E-state index contributed by atoms with van der Waals surface area (Å²) < 4.78 is 74.1. The molecule has 0 fully saturated rings. The van der Waals surface area contributed by atoms with Gasteiger partial charge >= 0.3 is 11.2 Å². The Hall–Kier alpha value is -2.52. The van der Waals surface area contributed by atoms with Gasteiger partial charge in [-0.3, -0.25) is 4.79 Å². The Morgan fingerprint density at radius 1 is 1.19 bits per heavy atom. The summed E-state index contributed by atoms with van der Waals surface area (Å²) in [5.74, 6) is -5.16. The fraction of sp³-hybridized carbons (Fsp3) is 0.286. The smallest absolute Gasteiger partial charge is 0.359 e. The fourth-order valence-electron chi connectivity index (χ4n) is 4.06. The standard InChI is InChI=1S/C21H17ClF3NO4S/c1-11(27)30-21(25,31(28,29)14-4-6-17(23)18(24)10-14)12-2-5-15-16-9-13(22)3-7-19(16)26-20(15)8-12/h3-4,6-7,9-10,12,26H,2,5,8H2,1H3. The number of aromatic amines is 1. The number of hydrogen-bond donors (Lipinski definition) is 1. The second-order valence-electron chi connectivity index (χ2n) is 7.47. The van der Waals surface area contributed by atoms with E-state index in [1.54, 1.807) is 18.2 Å². The number of fused-ring (bicyclic) bond motifs is 3. The van der Waals surface area contributed by atoms with E-state index in [0.717, 1.165) is 29.5 Å². The zero-order chi connectivity index (χ0) is 22.6. The number of H-pyrrole nitrogens is 1. The summed E-state index contributed by atoms with van der Waals surface area (Å²) >= 11 is 6.06. The minimum atomic E-state index is -5.03. The predicted molar refractivity (Wildman–Crippen MR) is 108 cm³/mol. The molecule has 0 bridgehead atoms. The second-order valence-corrected chi connectivity index (χ2v) is 9.94. The number of aromatic nitrogens is 1. The van der Waals surface area contributed by atoms with Crippen molar-refractivity contribution in [2.75, 3.05) is 0 Å². The number of alkyl halides is 1. The summed E-state index contributed by atoms with van der Waals surface area (Å²) in [7, 11) is -5.03. The van der Waals surface area contributed by atoms with Gasteiger partial charge in [-0.15, -0.1) is 0 Å². The highest BCUT2D eigenvalue weighted by Gasteiger charge is 2.56. The molecule has 0 spiro atoms. The molecular formula is C21H17ClF3NO4S. The van der Waals surface area contributed by atoms with Gasteiger partial charge < -0.3 is 9.72 Å². The van der Waals surface area contributed by atoms with Crippen LogP contribution < -0.4 is 0 Å². The molecule has 1 aliphatic carbocycles. The fourth-order valence-corrected chi connectivity index (χ4v) is 5.92. The third-order valence-electron chi connectivity index (χ3n) is 5.49. The molecule has 0 saturated heterocycles. The molecule has 31 heavy (non-hydrogen) atoms. The first-order chi connectivity index (χ1) is 14.5. The zero-order valence-corrected chi connectivity index (χ0v) is 17.8. The van der Waals surface area contributed by atoms with E-state index >= 15 is 4.39 Å². The Labute approximate surface area is 181 Å². The number of aryl methyl sites for hydroxylation is 1. The van der Waals surface area contributed by atoms with Crippen molar-refractivity contribution in [3.8, 4) is 0 Å². The minimum Gasteiger partial charge on any atom is -0.414 e. The second kappa shape index (κ2) is 7.56. The molecule has 1 aliphatic rings. The van der Waals surface area contributed by atoms with Crippen LogP contribution >= 0.6 is 11.6 Å². The summed E-state index contributed by atoms with van der Waals surface area (Å²) in [5.41, 5.74) is 2.24. The highest BCUT2D eigenvalue weighted by atomic mass is 35.5. The van der Waals surface area contributed by atoms with Gasteiger partial charge in [-0.2, -0.15) is 4.39 Å². The number of carbonyl (C=O) groups excluding carboxylic acids is 1. The lowest BCUT2D eigenvalue weighted by molar-refractivity contribution is -0.170. The first kappa shape index (κ1) is 21.7. The van der Waals surface area contributed by atoms with Crippen LogP contribution in [-0.2, 0) is 32.2 Å². The van der Waals surface area contributed by atoms with Crippen molar-refractivity contribution in [3.63, 3.8) is 0 Å². The molecule has 2 aromatic carbocycles. The summed E-state index contributed by atoms with van der Waals surface area (Å²) in [6.45, 7) is 0.883. The zero-order valence-electron chi connectivity index (χ0n) is 16.2. The highest BCUT2D eigenvalue weighted by Crippen LogP contribution is 2.44. The van der Waals surface area contributed by atoms with Gasteiger partial charge in [0, 0.05) is 28.5 Å². The number of rotatable bonds is 4. The molecule has 1 N–H and O–H groups in total. The van der Waals surface area contributed by atoms with Gasteiger partial charge in [0.05, 0.1) is 10.8 Å². The first-order valence-electron chi connectivity index (χ1n) is 9.40. The van der Waals surface area contributed by atoms with Crippen molar-refractivity contribution in [3.05, 3.63) is 64.3 Å². The molecule has 0 amide bonds. The van der Waals surface area contributed by atoms with Gasteiger partial charge in [0.2, 0.25) is 0 Å². The largest absolute Gasteiger partial charge is 0.414 e. The molecule has 5 nitrogen and oxygen atoms in total. The van der Waals surface area contributed by atoms with Gasteiger partial charge in [0.25, 0.3) is 9.84 Å². The van der Waals surface area contributed by atoms with E-state index in [0.29, 0.717) is 29.3 Å². The van der Waals surface area contributed by atoms with E-state index in [2.05, 4.69) is 4.98 Å². The number of benzene rings is 2. The highest BCUT2D eigenvalue weighted by molar-refractivity contribution is 7.92. The van der Waals surface area contributed by atoms with Gasteiger partial charge in [-0.25, -0.2) is 17.2 Å². The molecule has 164 valence electrons. The van der Waals surface area contributed by atoms with Crippen LogP contribution in [0.4, 0.5) is 13.2 Å². The van der Waals surface area contributed by atoms with Crippen LogP contribution in [-0.4, -0.2) is 24.6 Å². The number of halogens is 4. The van der Waals surface area contributed by atoms with E-state index in [4.69, 9.17) is 16.3 Å². The Balaban J connectivity index is 1.78. The molecule has 1 aromatic heterocycles. The maximum absolute atomic E-state index is 16.2. The lowest BCUT2D eigenvalue weighted by Gasteiger charge is -2.34. The van der Waals surface area contributed by atoms with E-state index in [1.165, 1.54) is 0 Å². The topological polar surface area (TPSA) is 76.2 Å². The Morgan fingerprint density at radius 2 is 1.94 bits per heavy atom. The number of ether oxygens (including phenoxy) is 1. The lowest BCUT2D eigenvalue weighted by Crippen LogP contribution is -2.47. The van der Waals surface area contributed by atoms with Crippen LogP contribution in [0.2, 0.25) is 5.02 Å². The predicted octanol–water partition coefficient (Wildman–Crippen LogP) is 4.86. The van der Waals surface area contributed by atoms with Crippen molar-refractivity contribution in [2.45, 2.75) is 36.3 Å². The SMILES string of the molecule is CC(=O)OC(F)(C1CCc2c([nH]c3ccc(Cl)cc23)C1)S(=O)(=O)c1ccc(F)c(F)c1. The molecule has 4 rings (SSSR count). The van der Waals surface area contributed by atoms with Gasteiger partial charge in [0.15, 0.2) is 11.6 Å². The Kier molecular flexibility index (Phi) is 5.29. The van der Waals surface area contributed by atoms with Crippen LogP contribution in [0.3, 0.4) is 0 Å². The Morgan fingerprint density at radius 3 is 2.61 bits per heavy atom. The van der Waals surface area contributed by atoms with Crippen LogP contribution in [0.5, 0.6) is 0 Å². The van der Waals surface area contributed by atoms with Crippen LogP contribution in [0.15, 0.2) is 41.3 Å². The van der Waals surface area contributed by atoms with E-state index in [-0.39, 0.29) is 12.8 Å². The van der Waals surface area contributed by atoms with Crippen molar-refractivity contribution < 1.29 is 31.1 Å². The number of hydrogen-bond acceptors (Lipinski definition) is 4. The lowest BCUT2D eigenvalue weighted by atomic mass is 9.86. The normalized spacial score (nSPS) is 18.4. The molecule has 0 radical (unpaired) electrons. The number of sulfone groups is 1. The minimum absolute atomic E-state index is 0.0408. The third-order valence-corrected chi connectivity index (χ3v) is 7.75. The molecular weight excluding hydrogens is 455 g/mol. The average Bonchev–Trinajstić information content (AvgIpc) is 3.06. The van der Waals surface area contributed by atoms with Crippen molar-refractivity contribution in [1.29, 1.82) is 0 Å². The molecule has 2 unspecified atom stereocenters. The molecule has 2 atom stereocenters. The average molecular weight is 472 g/mol. The number of esters is 1. The van der Waals surface area contributed by atoms with E-state index in [1.807, 2.05) is 0 Å². The molecule has 3 aromatic rings. The van der Waals surface area contributed by atoms with Crippen molar-refractivity contribution in [2.24, 2.45) is 5.92 Å². The molecule has 10 heteroatoms. The third kappa shape index (κ3) is 3.59. The van der Waals surface area contributed by atoms with Gasteiger partial charge in [-0.05, 0) is 61.2 Å². The number of nitrogens with one attached hydrogen (secondary N) is 1. The quantitative estimate of drug-likeness (QED) is 0.435. The van der Waals surface area contributed by atoms with Crippen LogP contribution in [0.1, 0.15) is 24.6 Å². The van der Waals surface area contributed by atoms with Gasteiger partial charge in [0.1, 0.15) is 0 Å².